The summed E-state index contributed by atoms with van der Waals surface area (Å²) in [7, 11) is 2.68. The predicted octanol–water partition coefficient (Wildman–Crippen LogP) is 2.53. The number of methoxy groups -OCH3 is 2. The van der Waals surface area contributed by atoms with E-state index >= 15 is 0 Å². The van der Waals surface area contributed by atoms with Gasteiger partial charge in [-0.25, -0.2) is 4.79 Å². The van der Waals surface area contributed by atoms with Crippen molar-refractivity contribution in [2.24, 2.45) is 0 Å². The topological polar surface area (TPSA) is 112 Å². The van der Waals surface area contributed by atoms with Gasteiger partial charge in [-0.3, -0.25) is 9.59 Å². The van der Waals surface area contributed by atoms with Crippen LogP contribution in [0.1, 0.15) is 15.9 Å². The quantitative estimate of drug-likeness (QED) is 0.533. The van der Waals surface area contributed by atoms with Gasteiger partial charge in [-0.2, -0.15) is 8.78 Å². The first kappa shape index (κ1) is 24.4. The van der Waals surface area contributed by atoms with Crippen LogP contribution in [0.15, 0.2) is 36.4 Å². The summed E-state index contributed by atoms with van der Waals surface area (Å²) in [5, 5.41) is 4.93. The Bertz CT molecular complexity index is 983. The molecule has 9 nitrogen and oxygen atoms in total. The normalized spacial score (nSPS) is 10.3. The van der Waals surface area contributed by atoms with Gasteiger partial charge in [0.1, 0.15) is 5.75 Å². The van der Waals surface area contributed by atoms with Crippen LogP contribution in [-0.4, -0.2) is 51.8 Å². The van der Waals surface area contributed by atoms with Gasteiger partial charge in [0.2, 0.25) is 5.91 Å². The molecule has 172 valence electrons. The number of rotatable bonds is 10. The minimum atomic E-state index is -3.06. The number of aryl methyl sites for hydroxylation is 1. The number of carbonyl (C=O) groups is 3. The summed E-state index contributed by atoms with van der Waals surface area (Å²) in [5.41, 5.74) is 1.31. The number of halogens is 2. The highest BCUT2D eigenvalue weighted by atomic mass is 19.3. The first-order chi connectivity index (χ1) is 15.2. The Morgan fingerprint density at radius 1 is 0.938 bits per heavy atom. The predicted molar refractivity (Wildman–Crippen MR) is 109 cm³/mol. The molecule has 0 saturated heterocycles. The molecule has 2 aromatic rings. The van der Waals surface area contributed by atoms with Crippen molar-refractivity contribution in [2.75, 3.05) is 32.7 Å². The average molecular weight is 452 g/mol. The number of nitrogens with one attached hydrogen (secondary N) is 2. The monoisotopic (exact) mass is 452 g/mol. The lowest BCUT2D eigenvalue weighted by Crippen LogP contribution is -2.35. The van der Waals surface area contributed by atoms with Crippen molar-refractivity contribution >= 4 is 23.5 Å². The first-order valence-electron chi connectivity index (χ1n) is 9.24. The van der Waals surface area contributed by atoms with Gasteiger partial charge in [-0.15, -0.1) is 0 Å². The third-order valence-corrected chi connectivity index (χ3v) is 4.02. The van der Waals surface area contributed by atoms with Crippen molar-refractivity contribution in [1.29, 1.82) is 0 Å². The van der Waals surface area contributed by atoms with Crippen LogP contribution in [0, 0.1) is 6.92 Å². The van der Waals surface area contributed by atoms with Gasteiger partial charge in [0.25, 0.3) is 5.91 Å². The van der Waals surface area contributed by atoms with Gasteiger partial charge >= 0.3 is 12.6 Å². The van der Waals surface area contributed by atoms with Gasteiger partial charge in [0, 0.05) is 0 Å². The van der Waals surface area contributed by atoms with Crippen LogP contribution in [0.2, 0.25) is 0 Å². The number of benzene rings is 2. The van der Waals surface area contributed by atoms with E-state index in [1.165, 1.54) is 20.3 Å². The molecule has 0 aliphatic carbocycles. The summed E-state index contributed by atoms with van der Waals surface area (Å²) in [4.78, 5) is 36.0. The largest absolute Gasteiger partial charge is 0.495 e. The summed E-state index contributed by atoms with van der Waals surface area (Å²) >= 11 is 0. The second kappa shape index (κ2) is 11.5. The number of esters is 1. The van der Waals surface area contributed by atoms with Gasteiger partial charge in [-0.1, -0.05) is 6.07 Å². The van der Waals surface area contributed by atoms with Crippen LogP contribution >= 0.6 is 0 Å². The molecule has 0 atom stereocenters. The second-order valence-electron chi connectivity index (χ2n) is 6.35. The van der Waals surface area contributed by atoms with Crippen molar-refractivity contribution in [3.63, 3.8) is 0 Å². The molecule has 2 amide bonds. The first-order valence-corrected chi connectivity index (χ1v) is 9.24. The summed E-state index contributed by atoms with van der Waals surface area (Å²) in [6.45, 7) is -2.23. The van der Waals surface area contributed by atoms with Crippen LogP contribution in [0.4, 0.5) is 14.5 Å². The summed E-state index contributed by atoms with van der Waals surface area (Å²) in [6.07, 6.45) is 0. The second-order valence-corrected chi connectivity index (χ2v) is 6.35. The van der Waals surface area contributed by atoms with E-state index in [2.05, 4.69) is 15.4 Å². The Kier molecular flexibility index (Phi) is 8.75. The Hall–Kier alpha value is -3.89. The fraction of sp³-hybridized carbons (Fsp3) is 0.286. The van der Waals surface area contributed by atoms with Gasteiger partial charge in [0.15, 0.2) is 18.1 Å². The van der Waals surface area contributed by atoms with Crippen LogP contribution in [0.25, 0.3) is 0 Å². The lowest BCUT2D eigenvalue weighted by Gasteiger charge is -2.12. The minimum Gasteiger partial charge on any atom is -0.495 e. The molecule has 0 fully saturated rings. The zero-order valence-electron chi connectivity index (χ0n) is 17.6. The van der Waals surface area contributed by atoms with E-state index in [0.717, 1.165) is 17.7 Å². The Morgan fingerprint density at radius 3 is 2.28 bits per heavy atom. The number of hydrogen-bond donors (Lipinski definition) is 2. The average Bonchev–Trinajstić information content (AvgIpc) is 2.76. The van der Waals surface area contributed by atoms with E-state index < -0.39 is 31.0 Å². The molecule has 0 spiro atoms. The molecule has 2 N–H and O–H groups in total. The van der Waals surface area contributed by atoms with Crippen molar-refractivity contribution in [2.45, 2.75) is 13.5 Å². The molecule has 0 heterocycles. The Morgan fingerprint density at radius 2 is 1.62 bits per heavy atom. The minimum absolute atomic E-state index is 0.0412. The maximum Gasteiger partial charge on any atom is 0.387 e. The highest BCUT2D eigenvalue weighted by Gasteiger charge is 2.16. The molecule has 32 heavy (non-hydrogen) atoms. The van der Waals surface area contributed by atoms with Crippen LogP contribution < -0.4 is 24.8 Å². The molecule has 0 saturated carbocycles. The summed E-state index contributed by atoms with van der Waals surface area (Å²) in [5.74, 6) is -2.01. The third-order valence-electron chi connectivity index (χ3n) is 4.02. The lowest BCUT2D eigenvalue weighted by molar-refractivity contribution is -0.126. The molecule has 2 rings (SSSR count). The van der Waals surface area contributed by atoms with Crippen molar-refractivity contribution in [1.82, 2.24) is 5.32 Å². The molecule has 2 aromatic carbocycles. The lowest BCUT2D eigenvalue weighted by atomic mass is 10.2. The fourth-order valence-electron chi connectivity index (χ4n) is 2.55. The molecular weight excluding hydrogens is 430 g/mol. The van der Waals surface area contributed by atoms with Crippen LogP contribution in [0.5, 0.6) is 17.2 Å². The maximum atomic E-state index is 12.4. The van der Waals surface area contributed by atoms with Gasteiger partial charge in [-0.05, 0) is 42.8 Å². The number of hydrogen-bond acceptors (Lipinski definition) is 7. The van der Waals surface area contributed by atoms with Gasteiger partial charge in [0.05, 0.1) is 32.0 Å². The van der Waals surface area contributed by atoms with Crippen molar-refractivity contribution in [3.8, 4) is 17.2 Å². The number of alkyl halides is 2. The number of ether oxygens (including phenoxy) is 4. The van der Waals surface area contributed by atoms with E-state index in [9.17, 15) is 23.2 Å². The summed E-state index contributed by atoms with van der Waals surface area (Å²) < 4.78 is 43.9. The molecule has 0 aromatic heterocycles. The molecule has 0 aliphatic rings. The van der Waals surface area contributed by atoms with Crippen molar-refractivity contribution in [3.05, 3.63) is 47.5 Å². The Labute approximate surface area is 182 Å². The maximum absolute atomic E-state index is 12.4. The molecule has 0 bridgehead atoms. The smallest absolute Gasteiger partial charge is 0.387 e. The van der Waals surface area contributed by atoms with Crippen molar-refractivity contribution < 1.29 is 42.1 Å². The standard InChI is InChI=1S/C21H22F2N2O7/c1-12-4-6-15(29-2)14(8-12)25-18(26)10-24-19(27)11-31-20(28)13-5-7-16(32-21(22)23)17(9-13)30-3/h4-9,21H,10-11H2,1-3H3,(H,24,27)(H,25,26). The molecular formula is C21H22F2N2O7. The number of anilines is 1. The highest BCUT2D eigenvalue weighted by molar-refractivity contribution is 5.96. The molecule has 11 heteroatoms. The fourth-order valence-corrected chi connectivity index (χ4v) is 2.55. The van der Waals surface area contributed by atoms with E-state index in [-0.39, 0.29) is 23.6 Å². The number of carbonyl (C=O) groups excluding carboxylic acids is 3. The molecule has 0 radical (unpaired) electrons. The van der Waals surface area contributed by atoms with Crippen LogP contribution in [-0.2, 0) is 14.3 Å². The zero-order valence-corrected chi connectivity index (χ0v) is 17.6. The van der Waals surface area contributed by atoms with E-state index in [1.807, 2.05) is 13.0 Å². The van der Waals surface area contributed by atoms with Crippen LogP contribution in [0.3, 0.4) is 0 Å². The van der Waals surface area contributed by atoms with E-state index in [0.29, 0.717) is 11.4 Å². The zero-order chi connectivity index (χ0) is 23.7. The SMILES string of the molecule is COc1ccc(C)cc1NC(=O)CNC(=O)COC(=O)c1ccc(OC(F)F)c(OC)c1. The molecule has 0 unspecified atom stereocenters. The van der Waals surface area contributed by atoms with Gasteiger partial charge < -0.3 is 29.6 Å². The Balaban J connectivity index is 1.84. The molecule has 0 aliphatic heterocycles. The summed E-state index contributed by atoms with van der Waals surface area (Å²) in [6, 6.07) is 8.67. The van der Waals surface area contributed by atoms with E-state index in [4.69, 9.17) is 14.2 Å². The highest BCUT2D eigenvalue weighted by Crippen LogP contribution is 2.29. The third kappa shape index (κ3) is 7.11. The van der Waals surface area contributed by atoms with E-state index in [1.54, 1.807) is 12.1 Å². The number of amides is 2.